The van der Waals surface area contributed by atoms with Crippen molar-refractivity contribution in [2.45, 2.75) is 0 Å². The Morgan fingerprint density at radius 3 is 2.65 bits per heavy atom. The lowest BCUT2D eigenvalue weighted by Gasteiger charge is -2.01. The summed E-state index contributed by atoms with van der Waals surface area (Å²) in [6.45, 7) is 0. The van der Waals surface area contributed by atoms with Gasteiger partial charge in [0.1, 0.15) is 16.8 Å². The van der Waals surface area contributed by atoms with E-state index in [1.165, 1.54) is 17.5 Å². The number of hydrogen-bond acceptors (Lipinski definition) is 7. The van der Waals surface area contributed by atoms with E-state index in [0.717, 1.165) is 27.0 Å². The van der Waals surface area contributed by atoms with E-state index in [1.807, 2.05) is 24.3 Å². The van der Waals surface area contributed by atoms with Gasteiger partial charge in [-0.1, -0.05) is 11.6 Å². The van der Waals surface area contributed by atoms with Crippen LogP contribution >= 0.6 is 22.9 Å². The number of nitrogens with zero attached hydrogens (tertiary/aromatic N) is 5. The molecule has 6 aromatic heterocycles. The number of pyridine rings is 3. The molecule has 0 radical (unpaired) electrons. The van der Waals surface area contributed by atoms with Crippen LogP contribution < -0.4 is 0 Å². The van der Waals surface area contributed by atoms with Crippen LogP contribution in [0.15, 0.2) is 55.1 Å². The van der Waals surface area contributed by atoms with Gasteiger partial charge in [0, 0.05) is 28.4 Å². The van der Waals surface area contributed by atoms with Crippen molar-refractivity contribution in [3.8, 4) is 39.0 Å². The highest BCUT2D eigenvalue weighted by Crippen LogP contribution is 2.35. The van der Waals surface area contributed by atoms with Crippen LogP contribution in [0.2, 0.25) is 4.34 Å². The number of aromatic nitrogens is 7. The average molecular weight is 446 g/mol. The van der Waals surface area contributed by atoms with E-state index in [4.69, 9.17) is 21.6 Å². The fraction of sp³-hybridized carbons (Fsp3) is 0. The smallest absolute Gasteiger partial charge is 0.161 e. The molecule has 0 aliphatic heterocycles. The van der Waals surface area contributed by atoms with E-state index < -0.39 is 0 Å². The van der Waals surface area contributed by atoms with E-state index in [-0.39, 0.29) is 5.75 Å². The number of H-pyrrole nitrogens is 2. The maximum atomic E-state index is 9.75. The second kappa shape index (κ2) is 6.86. The molecule has 6 aromatic rings. The third kappa shape index (κ3) is 3.02. The highest BCUT2D eigenvalue weighted by Gasteiger charge is 2.17. The van der Waals surface area contributed by atoms with Crippen molar-refractivity contribution >= 4 is 45.0 Å². The molecule has 6 heterocycles. The number of nitrogens with one attached hydrogen (secondary N) is 2. The predicted octanol–water partition coefficient (Wildman–Crippen LogP) is 5.05. The highest BCUT2D eigenvalue weighted by atomic mass is 35.5. The third-order valence-corrected chi connectivity index (χ3v) is 6.15. The zero-order valence-corrected chi connectivity index (χ0v) is 17.2. The molecule has 0 amide bonds. The number of halogens is 1. The molecule has 0 aliphatic rings. The Kier molecular flexibility index (Phi) is 3.98. The Morgan fingerprint density at radius 2 is 1.81 bits per heavy atom. The van der Waals surface area contributed by atoms with Gasteiger partial charge in [0.25, 0.3) is 0 Å². The molecule has 0 saturated carbocycles. The summed E-state index contributed by atoms with van der Waals surface area (Å²) in [5, 5.41) is 17.2. The Bertz CT molecular complexity index is 1590. The first kappa shape index (κ1) is 18.0. The first-order chi connectivity index (χ1) is 15.2. The molecule has 0 aliphatic carbocycles. The van der Waals surface area contributed by atoms with E-state index >= 15 is 0 Å². The third-order valence-electron chi connectivity index (χ3n) is 4.88. The van der Waals surface area contributed by atoms with Crippen LogP contribution in [0.4, 0.5) is 0 Å². The Balaban J connectivity index is 1.51. The lowest BCUT2D eigenvalue weighted by atomic mass is 10.1. The molecule has 0 fully saturated rings. The Hall–Kier alpha value is -3.82. The normalized spacial score (nSPS) is 11.5. The van der Waals surface area contributed by atoms with E-state index in [9.17, 15) is 5.11 Å². The van der Waals surface area contributed by atoms with Gasteiger partial charge in [-0.15, -0.1) is 11.3 Å². The second-order valence-corrected chi connectivity index (χ2v) is 8.58. The number of thiophene rings is 1. The number of hydrogen-bond donors (Lipinski definition) is 3. The first-order valence-corrected chi connectivity index (χ1v) is 10.4. The minimum absolute atomic E-state index is 0.0813. The minimum Gasteiger partial charge on any atom is -0.506 e. The molecule has 8 nitrogen and oxygen atoms in total. The van der Waals surface area contributed by atoms with Gasteiger partial charge >= 0.3 is 0 Å². The van der Waals surface area contributed by atoms with Crippen LogP contribution in [0.5, 0.6) is 5.75 Å². The van der Waals surface area contributed by atoms with Gasteiger partial charge in [-0.05, 0) is 30.3 Å². The van der Waals surface area contributed by atoms with Crippen LogP contribution in [0.3, 0.4) is 0 Å². The summed E-state index contributed by atoms with van der Waals surface area (Å²) in [7, 11) is 0. The molecule has 0 atom stereocenters. The molecule has 0 spiro atoms. The standard InChI is InChI=1S/C21H12ClN7OS/c22-17-4-3-16(31-17)12-8-24-9-15-18(12)27-21(26-15)20-19-14(28-29-20)2-1-13(25-19)10-5-11(30)7-23-6-10/h1-9,30H,(H,26,27)(H,28,29). The van der Waals surface area contributed by atoms with Gasteiger partial charge < -0.3 is 10.1 Å². The van der Waals surface area contributed by atoms with Crippen molar-refractivity contribution in [1.29, 1.82) is 0 Å². The van der Waals surface area contributed by atoms with Crippen LogP contribution in [0, 0.1) is 0 Å². The lowest BCUT2D eigenvalue weighted by molar-refractivity contribution is 0.473. The van der Waals surface area contributed by atoms with Gasteiger partial charge in [-0.25, -0.2) is 9.97 Å². The second-order valence-electron chi connectivity index (χ2n) is 6.87. The first-order valence-electron chi connectivity index (χ1n) is 9.25. The molecule has 150 valence electrons. The quantitative estimate of drug-likeness (QED) is 0.351. The Labute approximate surface area is 183 Å². The molecular weight excluding hydrogens is 434 g/mol. The molecule has 0 aromatic carbocycles. The van der Waals surface area contributed by atoms with Gasteiger partial charge in [0.15, 0.2) is 11.5 Å². The van der Waals surface area contributed by atoms with Gasteiger partial charge in [-0.3, -0.25) is 15.1 Å². The highest BCUT2D eigenvalue weighted by molar-refractivity contribution is 7.19. The summed E-state index contributed by atoms with van der Waals surface area (Å²) in [5.41, 5.74) is 5.89. The molecular formula is C21H12ClN7OS. The molecule has 0 saturated heterocycles. The van der Waals surface area contributed by atoms with Crippen molar-refractivity contribution < 1.29 is 5.11 Å². The van der Waals surface area contributed by atoms with Gasteiger partial charge in [0.2, 0.25) is 0 Å². The molecule has 31 heavy (non-hydrogen) atoms. The fourth-order valence-corrected chi connectivity index (χ4v) is 4.53. The summed E-state index contributed by atoms with van der Waals surface area (Å²) < 4.78 is 0.708. The van der Waals surface area contributed by atoms with E-state index in [1.54, 1.807) is 24.7 Å². The summed E-state index contributed by atoms with van der Waals surface area (Å²) in [6, 6.07) is 9.17. The van der Waals surface area contributed by atoms with Crippen LogP contribution in [0.25, 0.3) is 55.3 Å². The molecule has 6 rings (SSSR count). The lowest BCUT2D eigenvalue weighted by Crippen LogP contribution is -1.87. The van der Waals surface area contributed by atoms with Gasteiger partial charge in [0.05, 0.1) is 33.5 Å². The van der Waals surface area contributed by atoms with E-state index in [2.05, 4.69) is 25.1 Å². The number of imidazole rings is 1. The average Bonchev–Trinajstić information content (AvgIpc) is 3.50. The number of fused-ring (bicyclic) bond motifs is 2. The number of aromatic hydroxyl groups is 1. The summed E-state index contributed by atoms with van der Waals surface area (Å²) in [4.78, 5) is 22.2. The van der Waals surface area contributed by atoms with E-state index in [0.29, 0.717) is 32.6 Å². The van der Waals surface area contributed by atoms with Crippen molar-refractivity contribution in [2.24, 2.45) is 0 Å². The zero-order valence-electron chi connectivity index (χ0n) is 15.7. The number of rotatable bonds is 3. The van der Waals surface area contributed by atoms with Crippen LogP contribution in [-0.4, -0.2) is 40.2 Å². The van der Waals surface area contributed by atoms with Crippen molar-refractivity contribution in [3.63, 3.8) is 0 Å². The topological polar surface area (TPSA) is 116 Å². The summed E-state index contributed by atoms with van der Waals surface area (Å²) in [6.07, 6.45) is 6.55. The van der Waals surface area contributed by atoms with Crippen LogP contribution in [-0.2, 0) is 0 Å². The van der Waals surface area contributed by atoms with Crippen LogP contribution in [0.1, 0.15) is 0 Å². The van der Waals surface area contributed by atoms with Gasteiger partial charge in [-0.2, -0.15) is 5.10 Å². The largest absolute Gasteiger partial charge is 0.506 e. The predicted molar refractivity (Wildman–Crippen MR) is 120 cm³/mol. The van der Waals surface area contributed by atoms with Crippen molar-refractivity contribution in [1.82, 2.24) is 35.1 Å². The molecule has 10 heteroatoms. The summed E-state index contributed by atoms with van der Waals surface area (Å²) in [5.74, 6) is 0.662. The maximum absolute atomic E-state index is 9.75. The monoisotopic (exact) mass is 445 g/mol. The zero-order chi connectivity index (χ0) is 20.9. The molecule has 0 unspecified atom stereocenters. The SMILES string of the molecule is Oc1cncc(-c2ccc3[nH]nc(-c4nc5c(-c6ccc(Cl)s6)cncc5[nH]4)c3n2)c1. The summed E-state index contributed by atoms with van der Waals surface area (Å²) >= 11 is 7.59. The van der Waals surface area contributed by atoms with Crippen molar-refractivity contribution in [3.05, 3.63) is 59.5 Å². The minimum atomic E-state index is 0.0813. The van der Waals surface area contributed by atoms with Crippen molar-refractivity contribution in [2.75, 3.05) is 0 Å². The number of aromatic amines is 2. The molecule has 3 N–H and O–H groups in total. The maximum Gasteiger partial charge on any atom is 0.161 e. The Morgan fingerprint density at radius 1 is 0.903 bits per heavy atom. The molecule has 0 bridgehead atoms. The fourth-order valence-electron chi connectivity index (χ4n) is 3.48.